The van der Waals surface area contributed by atoms with Crippen molar-refractivity contribution in [2.24, 2.45) is 0 Å². The highest BCUT2D eigenvalue weighted by Gasteiger charge is 2.35. The van der Waals surface area contributed by atoms with Crippen LogP contribution in [-0.2, 0) is 16.1 Å². The van der Waals surface area contributed by atoms with Crippen LogP contribution in [0.15, 0.2) is 58.9 Å². The number of anilines is 1. The second-order valence-corrected chi connectivity index (χ2v) is 10.6. The maximum atomic E-state index is 13.4. The van der Waals surface area contributed by atoms with Gasteiger partial charge in [0.1, 0.15) is 12.6 Å². The van der Waals surface area contributed by atoms with Gasteiger partial charge in [-0.3, -0.25) is 0 Å². The molecule has 3 aromatic rings. The van der Waals surface area contributed by atoms with Crippen LogP contribution in [0.5, 0.6) is 11.5 Å². The Kier molecular flexibility index (Phi) is 10.2. The number of esters is 1. The first kappa shape index (κ1) is 28.8. The van der Waals surface area contributed by atoms with Crippen LogP contribution in [0.1, 0.15) is 64.1 Å². The second-order valence-electron chi connectivity index (χ2n) is 9.12. The summed E-state index contributed by atoms with van der Waals surface area (Å²) in [6.45, 7) is 9.16. The van der Waals surface area contributed by atoms with Gasteiger partial charge in [-0.15, -0.1) is 5.10 Å². The molecule has 8 nitrogen and oxygen atoms in total. The minimum absolute atomic E-state index is 0.363. The normalized spacial score (nSPS) is 14.5. The van der Waals surface area contributed by atoms with Gasteiger partial charge >= 0.3 is 5.97 Å². The molecule has 0 radical (unpaired) electrons. The number of nitrogens with zero attached hydrogens (tertiary/aromatic N) is 3. The van der Waals surface area contributed by atoms with Crippen LogP contribution >= 0.6 is 23.4 Å². The molecule has 0 spiro atoms. The van der Waals surface area contributed by atoms with Gasteiger partial charge in [-0.25, -0.2) is 9.48 Å². The standard InChI is InChI=1S/C29H35ClN4O4S/c1-5-8-15-37-27(35)25-19(4)31-28-32-29(39-16-6-2)33-34(28)26(25)21-11-14-23(24(17-21)36-7-3)38-18-20-9-12-22(30)13-10-20/h9-14,17,26H,5-8,15-16,18H2,1-4H3,(H,31,32,33). The van der Waals surface area contributed by atoms with E-state index in [1.807, 2.05) is 56.3 Å². The van der Waals surface area contributed by atoms with Gasteiger partial charge < -0.3 is 19.5 Å². The second kappa shape index (κ2) is 13.8. The first-order valence-corrected chi connectivity index (χ1v) is 14.7. The SMILES string of the molecule is CCCCOC(=O)C1=C(C)Nc2nc(SCCC)nn2C1c1ccc(OCc2ccc(Cl)cc2)c(OCC)c1. The predicted octanol–water partition coefficient (Wildman–Crippen LogP) is 7.04. The number of unbranched alkanes of at least 4 members (excludes halogenated alkanes) is 1. The van der Waals surface area contributed by atoms with Gasteiger partial charge in [-0.2, -0.15) is 4.98 Å². The van der Waals surface area contributed by atoms with Gasteiger partial charge in [-0.1, -0.05) is 61.8 Å². The number of rotatable bonds is 13. The molecule has 2 heterocycles. The first-order valence-electron chi connectivity index (χ1n) is 13.3. The monoisotopic (exact) mass is 570 g/mol. The lowest BCUT2D eigenvalue weighted by Gasteiger charge is -2.28. The molecular weight excluding hydrogens is 536 g/mol. The fourth-order valence-corrected chi connectivity index (χ4v) is 4.98. The van der Waals surface area contributed by atoms with Gasteiger partial charge in [0.15, 0.2) is 11.5 Å². The Morgan fingerprint density at radius 3 is 2.59 bits per heavy atom. The van der Waals surface area contributed by atoms with E-state index in [1.54, 1.807) is 16.4 Å². The summed E-state index contributed by atoms with van der Waals surface area (Å²) in [4.78, 5) is 18.0. The van der Waals surface area contributed by atoms with Crippen LogP contribution in [0.4, 0.5) is 5.95 Å². The molecule has 0 fully saturated rings. The van der Waals surface area contributed by atoms with Crippen molar-refractivity contribution in [3.63, 3.8) is 0 Å². The van der Waals surface area contributed by atoms with E-state index < -0.39 is 6.04 Å². The molecule has 1 aliphatic heterocycles. The number of hydrogen-bond acceptors (Lipinski definition) is 8. The summed E-state index contributed by atoms with van der Waals surface area (Å²) < 4.78 is 19.5. The third-order valence-corrected chi connectivity index (χ3v) is 7.41. The van der Waals surface area contributed by atoms with E-state index in [0.29, 0.717) is 58.7 Å². The lowest BCUT2D eigenvalue weighted by Crippen LogP contribution is -2.30. The number of fused-ring (bicyclic) bond motifs is 1. The van der Waals surface area contributed by atoms with Crippen molar-refractivity contribution in [1.82, 2.24) is 14.8 Å². The number of hydrogen-bond donors (Lipinski definition) is 1. The summed E-state index contributed by atoms with van der Waals surface area (Å²) in [6, 6.07) is 12.7. The number of thioether (sulfide) groups is 1. The van der Waals surface area contributed by atoms with Crippen LogP contribution < -0.4 is 14.8 Å². The zero-order valence-corrected chi connectivity index (χ0v) is 24.4. The van der Waals surface area contributed by atoms with Crippen LogP contribution in [0.25, 0.3) is 0 Å². The minimum atomic E-state index is -0.539. The van der Waals surface area contributed by atoms with Crippen molar-refractivity contribution in [2.75, 3.05) is 24.3 Å². The summed E-state index contributed by atoms with van der Waals surface area (Å²) in [5, 5.41) is 9.37. The predicted molar refractivity (Wildman–Crippen MR) is 155 cm³/mol. The Bertz CT molecular complexity index is 1310. The third-order valence-electron chi connectivity index (χ3n) is 6.11. The number of carbonyl (C=O) groups excluding carboxylic acids is 1. The molecule has 1 aliphatic rings. The molecular formula is C29H35ClN4O4S. The summed E-state index contributed by atoms with van der Waals surface area (Å²) in [5.41, 5.74) is 2.99. The van der Waals surface area contributed by atoms with Gasteiger partial charge in [0.2, 0.25) is 11.1 Å². The van der Waals surface area contributed by atoms with Gasteiger partial charge in [0, 0.05) is 16.5 Å². The molecule has 39 heavy (non-hydrogen) atoms. The molecule has 1 aromatic heterocycles. The summed E-state index contributed by atoms with van der Waals surface area (Å²) in [6.07, 6.45) is 2.75. The molecule has 1 atom stereocenters. The average Bonchev–Trinajstić information content (AvgIpc) is 3.33. The molecule has 0 aliphatic carbocycles. The first-order chi connectivity index (χ1) is 18.9. The summed E-state index contributed by atoms with van der Waals surface area (Å²) >= 11 is 7.60. The van der Waals surface area contributed by atoms with E-state index in [9.17, 15) is 4.79 Å². The fourth-order valence-electron chi connectivity index (χ4n) is 4.17. The summed E-state index contributed by atoms with van der Waals surface area (Å²) in [5.74, 6) is 2.31. The van der Waals surface area contributed by atoms with E-state index in [0.717, 1.165) is 36.1 Å². The molecule has 0 saturated carbocycles. The maximum absolute atomic E-state index is 13.4. The van der Waals surface area contributed by atoms with Crippen LogP contribution in [0, 0.1) is 0 Å². The van der Waals surface area contributed by atoms with Crippen molar-refractivity contribution in [3.8, 4) is 11.5 Å². The zero-order chi connectivity index (χ0) is 27.8. The number of halogens is 1. The number of aromatic nitrogens is 3. The fraction of sp³-hybridized carbons (Fsp3) is 0.414. The maximum Gasteiger partial charge on any atom is 0.338 e. The Labute approximate surface area is 239 Å². The van der Waals surface area contributed by atoms with Gasteiger partial charge in [0.05, 0.1) is 18.8 Å². The molecule has 0 saturated heterocycles. The number of allylic oxidation sites excluding steroid dienone is 1. The zero-order valence-electron chi connectivity index (χ0n) is 22.8. The van der Waals surface area contributed by atoms with Crippen molar-refractivity contribution in [2.45, 2.75) is 64.8 Å². The topological polar surface area (TPSA) is 87.5 Å². The smallest absolute Gasteiger partial charge is 0.338 e. The third kappa shape index (κ3) is 7.08. The minimum Gasteiger partial charge on any atom is -0.490 e. The molecule has 0 amide bonds. The van der Waals surface area contributed by atoms with Gasteiger partial charge in [-0.05, 0) is 62.1 Å². The van der Waals surface area contributed by atoms with Crippen LogP contribution in [-0.4, -0.2) is 39.7 Å². The Balaban J connectivity index is 1.70. The molecule has 4 rings (SSSR count). The van der Waals surface area contributed by atoms with E-state index in [4.69, 9.17) is 30.9 Å². The molecule has 208 valence electrons. The van der Waals surface area contributed by atoms with Crippen molar-refractivity contribution in [3.05, 3.63) is 69.9 Å². The van der Waals surface area contributed by atoms with E-state index in [2.05, 4.69) is 24.1 Å². The molecule has 2 aromatic carbocycles. The molecule has 1 N–H and O–H groups in total. The Hall–Kier alpha value is -3.17. The quantitative estimate of drug-likeness (QED) is 0.133. The Morgan fingerprint density at radius 2 is 1.87 bits per heavy atom. The van der Waals surface area contributed by atoms with E-state index in [-0.39, 0.29) is 5.97 Å². The Morgan fingerprint density at radius 1 is 1.08 bits per heavy atom. The average molecular weight is 571 g/mol. The van der Waals surface area contributed by atoms with E-state index >= 15 is 0 Å². The highest BCUT2D eigenvalue weighted by Crippen LogP contribution is 2.40. The van der Waals surface area contributed by atoms with Crippen LogP contribution in [0.3, 0.4) is 0 Å². The number of ether oxygens (including phenoxy) is 3. The molecule has 0 bridgehead atoms. The molecule has 10 heteroatoms. The van der Waals surface area contributed by atoms with Gasteiger partial charge in [0.25, 0.3) is 0 Å². The number of benzene rings is 2. The largest absolute Gasteiger partial charge is 0.490 e. The van der Waals surface area contributed by atoms with Crippen molar-refractivity contribution >= 4 is 35.3 Å². The lowest BCUT2D eigenvalue weighted by atomic mass is 9.95. The highest BCUT2D eigenvalue weighted by atomic mass is 35.5. The number of nitrogens with one attached hydrogen (secondary N) is 1. The highest BCUT2D eigenvalue weighted by molar-refractivity contribution is 7.99. The number of carbonyl (C=O) groups is 1. The lowest BCUT2D eigenvalue weighted by molar-refractivity contribution is -0.139. The molecule has 1 unspecified atom stereocenters. The summed E-state index contributed by atoms with van der Waals surface area (Å²) in [7, 11) is 0. The van der Waals surface area contributed by atoms with Crippen molar-refractivity contribution in [1.29, 1.82) is 0 Å². The van der Waals surface area contributed by atoms with E-state index in [1.165, 1.54) is 0 Å². The van der Waals surface area contributed by atoms with Crippen LogP contribution in [0.2, 0.25) is 5.02 Å². The van der Waals surface area contributed by atoms with Crippen molar-refractivity contribution < 1.29 is 19.0 Å².